The maximum Gasteiger partial charge on any atom is 0.340 e. The Hall–Kier alpha value is -0.990. The molecule has 0 atom stereocenters. The minimum absolute atomic E-state index is 0.255. The number of rotatable bonds is 3. The van der Waals surface area contributed by atoms with Crippen molar-refractivity contribution in [3.63, 3.8) is 0 Å². The van der Waals surface area contributed by atoms with Gasteiger partial charge in [0.15, 0.2) is 5.75 Å². The van der Waals surface area contributed by atoms with Crippen LogP contribution < -0.4 is 4.74 Å². The largest absolute Gasteiger partial charge is 0.494 e. The van der Waals surface area contributed by atoms with Gasteiger partial charge in [0.25, 0.3) is 6.43 Å². The van der Waals surface area contributed by atoms with Crippen molar-refractivity contribution in [3.05, 3.63) is 21.0 Å². The number of pyridine rings is 1. The minimum Gasteiger partial charge on any atom is -0.494 e. The Morgan fingerprint density at radius 2 is 2.12 bits per heavy atom. The average molecular weight is 343 g/mol. The van der Waals surface area contributed by atoms with E-state index in [1.165, 1.54) is 13.2 Å². The topological polar surface area (TPSA) is 48.4 Å². The second-order valence-electron chi connectivity index (χ2n) is 2.71. The zero-order chi connectivity index (χ0) is 12.3. The Labute approximate surface area is 104 Å². The van der Waals surface area contributed by atoms with Crippen molar-refractivity contribution < 1.29 is 23.0 Å². The molecule has 1 heterocycles. The van der Waals surface area contributed by atoms with Crippen molar-refractivity contribution in [2.24, 2.45) is 0 Å². The van der Waals surface area contributed by atoms with Crippen LogP contribution in [0.1, 0.15) is 22.5 Å². The lowest BCUT2D eigenvalue weighted by Crippen LogP contribution is -2.10. The summed E-state index contributed by atoms with van der Waals surface area (Å²) in [7, 11) is 2.48. The summed E-state index contributed by atoms with van der Waals surface area (Å²) in [6.45, 7) is 0. The van der Waals surface area contributed by atoms with Gasteiger partial charge in [0.05, 0.1) is 19.8 Å². The van der Waals surface area contributed by atoms with E-state index in [0.29, 0.717) is 0 Å². The van der Waals surface area contributed by atoms with Crippen LogP contribution in [0.25, 0.3) is 0 Å². The molecule has 1 rings (SSSR count). The van der Waals surface area contributed by atoms with E-state index in [2.05, 4.69) is 9.72 Å². The first-order chi connectivity index (χ1) is 7.51. The molecule has 16 heavy (non-hydrogen) atoms. The van der Waals surface area contributed by atoms with Crippen molar-refractivity contribution in [1.82, 2.24) is 4.98 Å². The van der Waals surface area contributed by atoms with E-state index in [0.717, 1.165) is 7.11 Å². The van der Waals surface area contributed by atoms with Crippen LogP contribution in [0.3, 0.4) is 0 Å². The van der Waals surface area contributed by atoms with Crippen molar-refractivity contribution >= 4 is 28.6 Å². The van der Waals surface area contributed by atoms with E-state index in [1.807, 2.05) is 0 Å². The number of aromatic nitrogens is 1. The molecular weight excluding hydrogens is 335 g/mol. The number of nitrogens with zero attached hydrogens (tertiary/aromatic N) is 1. The Kier molecular flexibility index (Phi) is 4.39. The van der Waals surface area contributed by atoms with E-state index in [-0.39, 0.29) is 15.0 Å². The molecule has 0 saturated heterocycles. The van der Waals surface area contributed by atoms with Crippen LogP contribution in [0.4, 0.5) is 8.78 Å². The van der Waals surface area contributed by atoms with Gasteiger partial charge in [0.1, 0.15) is 9.39 Å². The number of methoxy groups -OCH3 is 2. The van der Waals surface area contributed by atoms with Crippen molar-refractivity contribution in [1.29, 1.82) is 0 Å². The number of halogens is 3. The van der Waals surface area contributed by atoms with Gasteiger partial charge in [-0.2, -0.15) is 0 Å². The highest BCUT2D eigenvalue weighted by molar-refractivity contribution is 14.1. The molecule has 7 heteroatoms. The van der Waals surface area contributed by atoms with Gasteiger partial charge >= 0.3 is 5.97 Å². The van der Waals surface area contributed by atoms with Crippen LogP contribution in [-0.2, 0) is 4.74 Å². The van der Waals surface area contributed by atoms with E-state index < -0.39 is 18.1 Å². The lowest BCUT2D eigenvalue weighted by molar-refractivity contribution is 0.0586. The van der Waals surface area contributed by atoms with Gasteiger partial charge in [-0.05, 0) is 28.7 Å². The summed E-state index contributed by atoms with van der Waals surface area (Å²) in [4.78, 5) is 14.9. The van der Waals surface area contributed by atoms with E-state index in [4.69, 9.17) is 4.74 Å². The molecule has 0 unspecified atom stereocenters. The van der Waals surface area contributed by atoms with Gasteiger partial charge in [-0.25, -0.2) is 18.6 Å². The Morgan fingerprint density at radius 1 is 1.50 bits per heavy atom. The Balaban J connectivity index is 3.36. The fourth-order valence-corrected chi connectivity index (χ4v) is 1.70. The monoisotopic (exact) mass is 343 g/mol. The number of alkyl halides is 2. The number of carbonyl (C=O) groups excluding carboxylic acids is 1. The van der Waals surface area contributed by atoms with Gasteiger partial charge in [-0.15, -0.1) is 0 Å². The molecule has 0 aliphatic carbocycles. The molecule has 4 nitrogen and oxygen atoms in total. The zero-order valence-corrected chi connectivity index (χ0v) is 10.6. The number of carbonyl (C=O) groups is 1. The third-order valence-corrected chi connectivity index (χ3v) is 2.58. The zero-order valence-electron chi connectivity index (χ0n) is 8.46. The van der Waals surface area contributed by atoms with Crippen LogP contribution in [0.5, 0.6) is 5.75 Å². The van der Waals surface area contributed by atoms with Crippen molar-refractivity contribution in [2.45, 2.75) is 6.43 Å². The fourth-order valence-electron chi connectivity index (χ4n) is 1.07. The summed E-state index contributed by atoms with van der Waals surface area (Å²) in [5.74, 6) is -0.608. The predicted molar refractivity (Wildman–Crippen MR) is 59.8 cm³/mol. The van der Waals surface area contributed by atoms with Gasteiger partial charge < -0.3 is 9.47 Å². The standard InChI is InChI=1S/C9H8F2INO3/c1-15-5-3-4(9(14)16-2)6(7(10)11)13-8(5)12/h3,7H,1-2H3. The first kappa shape index (κ1) is 13.1. The predicted octanol–water partition coefficient (Wildman–Crippen LogP) is 2.42. The van der Waals surface area contributed by atoms with Gasteiger partial charge in [0.2, 0.25) is 0 Å². The molecule has 0 aliphatic heterocycles. The molecule has 0 N–H and O–H groups in total. The van der Waals surface area contributed by atoms with Gasteiger partial charge in [-0.3, -0.25) is 0 Å². The molecular formula is C9H8F2INO3. The number of esters is 1. The molecule has 0 saturated carbocycles. The molecule has 0 fully saturated rings. The lowest BCUT2D eigenvalue weighted by atomic mass is 10.2. The Bertz CT molecular complexity index is 412. The normalized spacial score (nSPS) is 10.4. The average Bonchev–Trinajstić information content (AvgIpc) is 2.27. The summed E-state index contributed by atoms with van der Waals surface area (Å²) >= 11 is 1.75. The summed E-state index contributed by atoms with van der Waals surface area (Å²) < 4.78 is 34.8. The Morgan fingerprint density at radius 3 is 2.56 bits per heavy atom. The molecule has 0 spiro atoms. The maximum absolute atomic E-state index is 12.6. The second-order valence-corrected chi connectivity index (χ2v) is 3.73. The summed E-state index contributed by atoms with van der Waals surface area (Å²) in [6, 6.07) is 1.20. The van der Waals surface area contributed by atoms with Crippen LogP contribution in [0.2, 0.25) is 0 Å². The molecule has 1 aromatic rings. The first-order valence-corrected chi connectivity index (χ1v) is 5.20. The quantitative estimate of drug-likeness (QED) is 0.481. The number of hydrogen-bond acceptors (Lipinski definition) is 4. The molecule has 0 radical (unpaired) electrons. The molecule has 88 valence electrons. The van der Waals surface area contributed by atoms with Crippen LogP contribution in [-0.4, -0.2) is 25.2 Å². The fraction of sp³-hybridized carbons (Fsp3) is 0.333. The van der Waals surface area contributed by atoms with E-state index in [9.17, 15) is 13.6 Å². The first-order valence-electron chi connectivity index (χ1n) is 4.12. The maximum atomic E-state index is 12.6. The summed E-state index contributed by atoms with van der Waals surface area (Å²) in [5.41, 5.74) is -0.883. The van der Waals surface area contributed by atoms with Crippen LogP contribution >= 0.6 is 22.6 Å². The third kappa shape index (κ3) is 2.57. The van der Waals surface area contributed by atoms with Gasteiger partial charge in [-0.1, -0.05) is 0 Å². The van der Waals surface area contributed by atoms with Crippen LogP contribution in [0.15, 0.2) is 6.07 Å². The smallest absolute Gasteiger partial charge is 0.340 e. The minimum atomic E-state index is -2.84. The van der Waals surface area contributed by atoms with Gasteiger partial charge in [0, 0.05) is 0 Å². The van der Waals surface area contributed by atoms with Crippen LogP contribution in [0, 0.1) is 3.70 Å². The highest BCUT2D eigenvalue weighted by atomic mass is 127. The highest BCUT2D eigenvalue weighted by Crippen LogP contribution is 2.28. The molecule has 0 aliphatic rings. The third-order valence-electron chi connectivity index (χ3n) is 1.81. The van der Waals surface area contributed by atoms with E-state index >= 15 is 0 Å². The van der Waals surface area contributed by atoms with E-state index in [1.54, 1.807) is 22.6 Å². The SMILES string of the molecule is COC(=O)c1cc(OC)c(I)nc1C(F)F. The number of hydrogen-bond donors (Lipinski definition) is 0. The molecule has 0 bridgehead atoms. The molecule has 1 aromatic heterocycles. The van der Waals surface area contributed by atoms with Crippen molar-refractivity contribution in [2.75, 3.05) is 14.2 Å². The molecule has 0 amide bonds. The molecule has 0 aromatic carbocycles. The lowest BCUT2D eigenvalue weighted by Gasteiger charge is -2.09. The highest BCUT2D eigenvalue weighted by Gasteiger charge is 2.23. The number of ether oxygens (including phenoxy) is 2. The second kappa shape index (κ2) is 5.37. The van der Waals surface area contributed by atoms with Crippen molar-refractivity contribution in [3.8, 4) is 5.75 Å². The summed E-state index contributed by atoms with van der Waals surface area (Å²) in [6.07, 6.45) is -2.84. The summed E-state index contributed by atoms with van der Waals surface area (Å²) in [5, 5.41) is 0.